The van der Waals surface area contributed by atoms with E-state index in [1.165, 1.54) is 0 Å². The van der Waals surface area contributed by atoms with E-state index in [9.17, 15) is 9.59 Å². The van der Waals surface area contributed by atoms with E-state index in [2.05, 4.69) is 26.6 Å². The van der Waals surface area contributed by atoms with Gasteiger partial charge in [-0.15, -0.1) is 10.2 Å². The molecule has 0 radical (unpaired) electrons. The number of carbonyl (C=O) groups excluding carboxylic acids is 2. The van der Waals surface area contributed by atoms with Crippen LogP contribution >= 0.6 is 11.6 Å². The molecule has 2 aliphatic rings. The van der Waals surface area contributed by atoms with Crippen LogP contribution in [0.25, 0.3) is 22.8 Å². The van der Waals surface area contributed by atoms with Crippen LogP contribution in [0.2, 0.25) is 5.02 Å². The molecule has 2 aromatic carbocycles. The topological polar surface area (TPSA) is 109 Å². The van der Waals surface area contributed by atoms with E-state index in [0.29, 0.717) is 36.1 Å². The summed E-state index contributed by atoms with van der Waals surface area (Å²) in [5.41, 5.74) is 3.50. The molecular weight excluding hydrogens is 518 g/mol. The molecule has 0 atom stereocenters. The Labute approximate surface area is 230 Å². The zero-order valence-electron chi connectivity index (χ0n) is 21.5. The second-order valence-corrected chi connectivity index (χ2v) is 10.3. The second-order valence-electron chi connectivity index (χ2n) is 9.91. The molecule has 10 nitrogen and oxygen atoms in total. The van der Waals surface area contributed by atoms with E-state index in [1.807, 2.05) is 57.9 Å². The molecule has 3 amide bonds. The van der Waals surface area contributed by atoms with Crippen LogP contribution in [0.5, 0.6) is 0 Å². The Bertz CT molecular complexity index is 1520. The van der Waals surface area contributed by atoms with Gasteiger partial charge in [-0.3, -0.25) is 4.79 Å². The fourth-order valence-electron chi connectivity index (χ4n) is 5.33. The lowest BCUT2D eigenvalue weighted by atomic mass is 10.0. The predicted molar refractivity (Wildman–Crippen MR) is 146 cm³/mol. The number of amides is 3. The minimum Gasteiger partial charge on any atom is -0.420 e. The van der Waals surface area contributed by atoms with Crippen LogP contribution in [-0.2, 0) is 24.7 Å². The van der Waals surface area contributed by atoms with Gasteiger partial charge in [0.15, 0.2) is 0 Å². The number of para-hydroxylation sites is 1. The first-order valence-corrected chi connectivity index (χ1v) is 13.4. The lowest BCUT2D eigenvalue weighted by Gasteiger charge is -2.37. The van der Waals surface area contributed by atoms with Crippen LogP contribution in [0.15, 0.2) is 59.3 Å². The van der Waals surface area contributed by atoms with Crippen LogP contribution in [0.4, 0.5) is 10.5 Å². The molecule has 11 heteroatoms. The second kappa shape index (κ2) is 10.5. The molecule has 1 saturated heterocycles. The minimum atomic E-state index is -0.0739. The van der Waals surface area contributed by atoms with Crippen molar-refractivity contribution in [1.82, 2.24) is 29.5 Å². The summed E-state index contributed by atoms with van der Waals surface area (Å²) in [6.07, 6.45) is 5.85. The average molecular weight is 546 g/mol. The van der Waals surface area contributed by atoms with Crippen molar-refractivity contribution < 1.29 is 14.0 Å². The van der Waals surface area contributed by atoms with E-state index in [-0.39, 0.29) is 30.3 Å². The van der Waals surface area contributed by atoms with Gasteiger partial charge in [-0.1, -0.05) is 29.8 Å². The van der Waals surface area contributed by atoms with Gasteiger partial charge in [0, 0.05) is 67.0 Å². The number of anilines is 1. The summed E-state index contributed by atoms with van der Waals surface area (Å²) in [7, 11) is 1.91. The number of imidazole rings is 1. The number of fused-ring (bicyclic) bond motifs is 1. The maximum Gasteiger partial charge on any atom is 0.322 e. The molecule has 2 aromatic heterocycles. The number of hydrogen-bond donors (Lipinski definition) is 1. The van der Waals surface area contributed by atoms with Crippen LogP contribution in [0, 0.1) is 0 Å². The number of halogens is 1. The normalized spacial score (nSPS) is 16.1. The first-order valence-electron chi connectivity index (χ1n) is 13.0. The number of urea groups is 1. The van der Waals surface area contributed by atoms with Gasteiger partial charge in [0.05, 0.1) is 0 Å². The highest BCUT2D eigenvalue weighted by atomic mass is 35.5. The molecular formula is C28H28ClN7O3. The van der Waals surface area contributed by atoms with Gasteiger partial charge < -0.3 is 24.1 Å². The SMILES string of the molecule is Cn1ccnc1-c1cc(Cl)cc(-c2nnc(CC(=O)N3CCC(N4CCc5ccccc5NC4=O)CC3)o2)c1. The van der Waals surface area contributed by atoms with Crippen molar-refractivity contribution in [1.29, 1.82) is 0 Å². The number of nitrogens with one attached hydrogen (secondary N) is 1. The van der Waals surface area contributed by atoms with Crippen LogP contribution in [0.3, 0.4) is 0 Å². The van der Waals surface area contributed by atoms with E-state index < -0.39 is 0 Å². The maximum atomic E-state index is 13.0. The first-order chi connectivity index (χ1) is 18.9. The lowest BCUT2D eigenvalue weighted by molar-refractivity contribution is -0.132. The molecule has 0 saturated carbocycles. The summed E-state index contributed by atoms with van der Waals surface area (Å²) in [5, 5.41) is 11.8. The summed E-state index contributed by atoms with van der Waals surface area (Å²) >= 11 is 6.36. The van der Waals surface area contributed by atoms with Crippen molar-refractivity contribution in [2.24, 2.45) is 7.05 Å². The van der Waals surface area contributed by atoms with Crippen molar-refractivity contribution >= 4 is 29.2 Å². The Morgan fingerprint density at radius 3 is 2.69 bits per heavy atom. The zero-order chi connectivity index (χ0) is 26.9. The van der Waals surface area contributed by atoms with Crippen LogP contribution < -0.4 is 5.32 Å². The Morgan fingerprint density at radius 1 is 1.10 bits per heavy atom. The van der Waals surface area contributed by atoms with Gasteiger partial charge in [0.25, 0.3) is 0 Å². The molecule has 6 rings (SSSR count). The fraction of sp³-hybridized carbons (Fsp3) is 0.321. The number of hydrogen-bond acceptors (Lipinski definition) is 6. The number of aromatic nitrogens is 4. The number of benzene rings is 2. The van der Waals surface area contributed by atoms with E-state index >= 15 is 0 Å². The van der Waals surface area contributed by atoms with Crippen molar-refractivity contribution in [2.45, 2.75) is 31.7 Å². The lowest BCUT2D eigenvalue weighted by Crippen LogP contribution is -2.50. The molecule has 0 spiro atoms. The molecule has 0 unspecified atom stereocenters. The molecule has 4 aromatic rings. The van der Waals surface area contributed by atoms with Gasteiger partial charge in [-0.05, 0) is 49.1 Å². The van der Waals surface area contributed by atoms with E-state index in [4.69, 9.17) is 16.0 Å². The molecule has 2 aliphatic heterocycles. The van der Waals surface area contributed by atoms with Crippen LogP contribution in [0.1, 0.15) is 24.3 Å². The van der Waals surface area contributed by atoms with E-state index in [1.54, 1.807) is 12.3 Å². The van der Waals surface area contributed by atoms with Gasteiger partial charge in [-0.2, -0.15) is 0 Å². The fourth-order valence-corrected chi connectivity index (χ4v) is 5.57. The third kappa shape index (κ3) is 5.24. The van der Waals surface area contributed by atoms with E-state index in [0.717, 1.165) is 41.9 Å². The maximum absolute atomic E-state index is 13.0. The summed E-state index contributed by atoms with van der Waals surface area (Å²) in [4.78, 5) is 34.0. The average Bonchev–Trinajstić information content (AvgIpc) is 3.54. The number of carbonyl (C=O) groups is 2. The molecule has 0 aliphatic carbocycles. The molecule has 0 bridgehead atoms. The Hall–Kier alpha value is -4.18. The number of likely N-dealkylation sites (tertiary alicyclic amines) is 1. The third-order valence-electron chi connectivity index (χ3n) is 7.39. The Kier molecular flexibility index (Phi) is 6.78. The van der Waals surface area contributed by atoms with Gasteiger partial charge >= 0.3 is 6.03 Å². The Balaban J connectivity index is 1.07. The molecule has 39 heavy (non-hydrogen) atoms. The minimum absolute atomic E-state index is 0.0178. The largest absolute Gasteiger partial charge is 0.420 e. The smallest absolute Gasteiger partial charge is 0.322 e. The summed E-state index contributed by atoms with van der Waals surface area (Å²) in [6, 6.07) is 13.4. The van der Waals surface area contributed by atoms with Crippen molar-refractivity contribution in [3.63, 3.8) is 0 Å². The predicted octanol–water partition coefficient (Wildman–Crippen LogP) is 4.41. The standard InChI is InChI=1S/C28H28ClN7O3/c1-34-13-9-30-26(34)19-14-20(16-21(29)15-19)27-33-32-24(39-27)17-25(37)35-10-7-22(8-11-35)36-12-6-18-4-2-3-5-23(18)31-28(36)38/h2-5,9,13-16,22H,6-8,10-12,17H2,1H3,(H,31,38). The molecule has 200 valence electrons. The first kappa shape index (κ1) is 25.1. The van der Waals surface area contributed by atoms with Gasteiger partial charge in [0.2, 0.25) is 17.7 Å². The monoisotopic (exact) mass is 545 g/mol. The highest BCUT2D eigenvalue weighted by molar-refractivity contribution is 6.31. The quantitative estimate of drug-likeness (QED) is 0.398. The molecule has 1 fully saturated rings. The number of aryl methyl sites for hydroxylation is 1. The van der Waals surface area contributed by atoms with Gasteiger partial charge in [0.1, 0.15) is 12.2 Å². The molecule has 1 N–H and O–H groups in total. The van der Waals surface area contributed by atoms with Crippen molar-refractivity contribution in [3.8, 4) is 22.8 Å². The number of piperidine rings is 1. The third-order valence-corrected chi connectivity index (χ3v) is 7.61. The Morgan fingerprint density at radius 2 is 1.90 bits per heavy atom. The number of nitrogens with zero attached hydrogens (tertiary/aromatic N) is 6. The van der Waals surface area contributed by atoms with Gasteiger partial charge in [-0.25, -0.2) is 9.78 Å². The highest BCUT2D eigenvalue weighted by Crippen LogP contribution is 2.29. The molecule has 4 heterocycles. The highest BCUT2D eigenvalue weighted by Gasteiger charge is 2.31. The summed E-state index contributed by atoms with van der Waals surface area (Å²) in [5.74, 6) is 1.23. The van der Waals surface area contributed by atoms with Crippen molar-refractivity contribution in [3.05, 3.63) is 71.3 Å². The summed E-state index contributed by atoms with van der Waals surface area (Å²) in [6.45, 7) is 1.81. The number of rotatable bonds is 5. The van der Waals surface area contributed by atoms with Crippen molar-refractivity contribution in [2.75, 3.05) is 25.0 Å². The zero-order valence-corrected chi connectivity index (χ0v) is 22.3. The summed E-state index contributed by atoms with van der Waals surface area (Å²) < 4.78 is 7.74. The van der Waals surface area contributed by atoms with Crippen LogP contribution in [-0.4, -0.2) is 67.2 Å².